The van der Waals surface area contributed by atoms with Gasteiger partial charge in [0, 0.05) is 18.1 Å². The molecule has 1 saturated carbocycles. The Labute approximate surface area is 63.6 Å². The van der Waals surface area contributed by atoms with Crippen molar-refractivity contribution >= 4 is 0 Å². The van der Waals surface area contributed by atoms with Crippen LogP contribution in [0.3, 0.4) is 0 Å². The molecule has 10 heavy (non-hydrogen) atoms. The van der Waals surface area contributed by atoms with Gasteiger partial charge in [-0.2, -0.15) is 0 Å². The third kappa shape index (κ3) is 1.50. The molecular weight excluding hydrogens is 124 g/mol. The lowest BCUT2D eigenvalue weighted by molar-refractivity contribution is 0.256. The molecule has 0 aliphatic heterocycles. The molecule has 0 spiro atoms. The largest absolute Gasteiger partial charge is 0.315 e. The molecule has 0 radical (unpaired) electrons. The maximum Gasteiger partial charge on any atom is 0.0264 e. The summed E-state index contributed by atoms with van der Waals surface area (Å²) in [6.07, 6.45) is 1.32. The highest BCUT2D eigenvalue weighted by molar-refractivity contribution is 5.00. The molecule has 1 aliphatic rings. The van der Waals surface area contributed by atoms with Crippen molar-refractivity contribution in [2.45, 2.75) is 38.4 Å². The molecule has 1 N–H and O–H groups in total. The minimum absolute atomic E-state index is 0.684. The fraction of sp³-hybridized carbons (Fsp3) is 1.00. The zero-order valence-corrected chi connectivity index (χ0v) is 7.39. The van der Waals surface area contributed by atoms with Crippen LogP contribution in [-0.2, 0) is 0 Å². The zero-order chi connectivity index (χ0) is 7.72. The van der Waals surface area contributed by atoms with E-state index in [0.29, 0.717) is 6.04 Å². The maximum atomic E-state index is 3.28. The zero-order valence-electron chi connectivity index (χ0n) is 7.39. The van der Waals surface area contributed by atoms with E-state index in [1.807, 2.05) is 7.05 Å². The summed E-state index contributed by atoms with van der Waals surface area (Å²) < 4.78 is 0. The molecule has 0 heterocycles. The van der Waals surface area contributed by atoms with Gasteiger partial charge in [0.15, 0.2) is 0 Å². The van der Waals surface area contributed by atoms with Crippen LogP contribution in [0.15, 0.2) is 0 Å². The normalized spacial score (nSPS) is 31.8. The third-order valence-corrected chi connectivity index (χ3v) is 2.47. The Kier molecular flexibility index (Phi) is 2.32. The van der Waals surface area contributed by atoms with Gasteiger partial charge in [-0.15, -0.1) is 0 Å². The molecule has 0 amide bonds. The topological polar surface area (TPSA) is 15.3 Å². The Balaban J connectivity index is 2.25. The molecule has 0 aromatic heterocycles. The van der Waals surface area contributed by atoms with Crippen molar-refractivity contribution in [3.63, 3.8) is 0 Å². The predicted octanol–water partition coefficient (Wildman–Crippen LogP) is 0.687. The van der Waals surface area contributed by atoms with Gasteiger partial charge in [0.1, 0.15) is 0 Å². The Morgan fingerprint density at radius 3 is 2.40 bits per heavy atom. The molecular formula is C8H18N2. The molecule has 0 aromatic rings. The van der Waals surface area contributed by atoms with Crippen LogP contribution in [0, 0.1) is 0 Å². The van der Waals surface area contributed by atoms with Crippen molar-refractivity contribution < 1.29 is 0 Å². The Morgan fingerprint density at radius 1 is 1.50 bits per heavy atom. The van der Waals surface area contributed by atoms with Gasteiger partial charge in [-0.3, -0.25) is 4.90 Å². The number of hydrogen-bond donors (Lipinski definition) is 1. The van der Waals surface area contributed by atoms with Crippen LogP contribution in [0.1, 0.15) is 20.3 Å². The lowest BCUT2D eigenvalue weighted by atomic mass is 10.3. The second kappa shape index (κ2) is 2.89. The number of nitrogens with one attached hydrogen (secondary N) is 1. The Bertz CT molecular complexity index is 112. The van der Waals surface area contributed by atoms with Crippen molar-refractivity contribution in [3.05, 3.63) is 0 Å². The van der Waals surface area contributed by atoms with Crippen molar-refractivity contribution in [2.24, 2.45) is 0 Å². The Morgan fingerprint density at radius 2 is 2.10 bits per heavy atom. The molecule has 0 unspecified atom stereocenters. The average Bonchev–Trinajstić information content (AvgIpc) is 2.64. The van der Waals surface area contributed by atoms with Crippen molar-refractivity contribution in [1.82, 2.24) is 10.2 Å². The van der Waals surface area contributed by atoms with Gasteiger partial charge in [0.25, 0.3) is 0 Å². The summed E-state index contributed by atoms with van der Waals surface area (Å²) in [4.78, 5) is 2.43. The standard InChI is InChI=1S/C8H18N2/c1-6(2)10(4)8-5-7(8)9-3/h6-9H,5H2,1-4H3/t7-,8-/m1/s1. The average molecular weight is 142 g/mol. The van der Waals surface area contributed by atoms with E-state index in [-0.39, 0.29) is 0 Å². The molecule has 1 rings (SSSR count). The van der Waals surface area contributed by atoms with E-state index in [4.69, 9.17) is 0 Å². The number of nitrogens with zero attached hydrogens (tertiary/aromatic N) is 1. The predicted molar refractivity (Wildman–Crippen MR) is 44.2 cm³/mol. The lowest BCUT2D eigenvalue weighted by Gasteiger charge is -2.20. The van der Waals surface area contributed by atoms with Crippen molar-refractivity contribution in [2.75, 3.05) is 14.1 Å². The molecule has 2 atom stereocenters. The summed E-state index contributed by atoms with van der Waals surface area (Å²) in [6.45, 7) is 4.48. The van der Waals surface area contributed by atoms with Crippen LogP contribution < -0.4 is 5.32 Å². The number of rotatable bonds is 3. The van der Waals surface area contributed by atoms with E-state index in [1.165, 1.54) is 6.42 Å². The van der Waals surface area contributed by atoms with Gasteiger partial charge in [-0.05, 0) is 34.4 Å². The van der Waals surface area contributed by atoms with E-state index in [1.54, 1.807) is 0 Å². The summed E-state index contributed by atoms with van der Waals surface area (Å²) in [6, 6.07) is 2.24. The summed E-state index contributed by atoms with van der Waals surface area (Å²) in [7, 11) is 4.24. The fourth-order valence-electron chi connectivity index (χ4n) is 1.32. The molecule has 1 aliphatic carbocycles. The Hall–Kier alpha value is -0.0800. The minimum atomic E-state index is 0.684. The van der Waals surface area contributed by atoms with Gasteiger partial charge >= 0.3 is 0 Å². The molecule has 0 aromatic carbocycles. The van der Waals surface area contributed by atoms with Gasteiger partial charge in [0.05, 0.1) is 0 Å². The highest BCUT2D eigenvalue weighted by atomic mass is 15.2. The first-order valence-electron chi connectivity index (χ1n) is 4.06. The molecule has 2 heteroatoms. The van der Waals surface area contributed by atoms with Crippen molar-refractivity contribution in [1.29, 1.82) is 0 Å². The first-order valence-corrected chi connectivity index (χ1v) is 4.06. The van der Waals surface area contributed by atoms with Crippen LogP contribution >= 0.6 is 0 Å². The highest BCUT2D eigenvalue weighted by Gasteiger charge is 2.39. The summed E-state index contributed by atoms with van der Waals surface area (Å²) in [5.41, 5.74) is 0. The monoisotopic (exact) mass is 142 g/mol. The maximum absolute atomic E-state index is 3.28. The second-order valence-electron chi connectivity index (χ2n) is 3.46. The fourth-order valence-corrected chi connectivity index (χ4v) is 1.32. The van der Waals surface area contributed by atoms with Crippen LogP contribution in [0.25, 0.3) is 0 Å². The van der Waals surface area contributed by atoms with Gasteiger partial charge in [0.2, 0.25) is 0 Å². The van der Waals surface area contributed by atoms with E-state index in [2.05, 4.69) is 31.1 Å². The summed E-state index contributed by atoms with van der Waals surface area (Å²) in [5, 5.41) is 3.28. The van der Waals surface area contributed by atoms with E-state index in [9.17, 15) is 0 Å². The van der Waals surface area contributed by atoms with Crippen LogP contribution in [0.2, 0.25) is 0 Å². The molecule has 60 valence electrons. The first kappa shape index (κ1) is 8.02. The first-order chi connectivity index (χ1) is 4.66. The molecule has 1 fully saturated rings. The molecule has 0 saturated heterocycles. The van der Waals surface area contributed by atoms with E-state index >= 15 is 0 Å². The summed E-state index contributed by atoms with van der Waals surface area (Å²) >= 11 is 0. The third-order valence-electron chi connectivity index (χ3n) is 2.47. The van der Waals surface area contributed by atoms with Crippen LogP contribution in [0.4, 0.5) is 0 Å². The highest BCUT2D eigenvalue weighted by Crippen LogP contribution is 2.27. The summed E-state index contributed by atoms with van der Waals surface area (Å²) in [5.74, 6) is 0. The van der Waals surface area contributed by atoms with Gasteiger partial charge < -0.3 is 5.32 Å². The number of likely N-dealkylation sites (N-methyl/N-ethyl adjacent to an activating group) is 2. The SMILES string of the molecule is CN[C@@H]1C[C@H]1N(C)C(C)C. The number of hydrogen-bond acceptors (Lipinski definition) is 2. The van der Waals surface area contributed by atoms with Gasteiger partial charge in [-0.1, -0.05) is 0 Å². The minimum Gasteiger partial charge on any atom is -0.315 e. The second-order valence-corrected chi connectivity index (χ2v) is 3.46. The smallest absolute Gasteiger partial charge is 0.0264 e. The van der Waals surface area contributed by atoms with Crippen LogP contribution in [0.5, 0.6) is 0 Å². The van der Waals surface area contributed by atoms with Gasteiger partial charge in [-0.25, -0.2) is 0 Å². The van der Waals surface area contributed by atoms with E-state index in [0.717, 1.165) is 12.1 Å². The van der Waals surface area contributed by atoms with E-state index < -0.39 is 0 Å². The van der Waals surface area contributed by atoms with Crippen molar-refractivity contribution in [3.8, 4) is 0 Å². The van der Waals surface area contributed by atoms with Crippen LogP contribution in [-0.4, -0.2) is 37.1 Å². The molecule has 0 bridgehead atoms. The molecule has 2 nitrogen and oxygen atoms in total. The lowest BCUT2D eigenvalue weighted by Crippen LogP contribution is -2.32. The quantitative estimate of drug-likeness (QED) is 0.623.